The van der Waals surface area contributed by atoms with Crippen LogP contribution in [0.5, 0.6) is 5.75 Å². The monoisotopic (exact) mass is 446 g/mol. The molecular formula is C21H27BrN4O2. The minimum Gasteiger partial charge on any atom is -0.492 e. The fourth-order valence-electron chi connectivity index (χ4n) is 2.42. The first kappa shape index (κ1) is 21.8. The van der Waals surface area contributed by atoms with E-state index >= 15 is 0 Å². The summed E-state index contributed by atoms with van der Waals surface area (Å²) in [5, 5.41) is 6.48. The van der Waals surface area contributed by atoms with E-state index in [4.69, 9.17) is 4.74 Å². The predicted molar refractivity (Wildman–Crippen MR) is 117 cm³/mol. The lowest BCUT2D eigenvalue weighted by atomic mass is 10.1. The van der Waals surface area contributed by atoms with Crippen LogP contribution in [0.3, 0.4) is 0 Å². The number of nitrogens with one attached hydrogen (secondary N) is 2. The highest BCUT2D eigenvalue weighted by Gasteiger charge is 2.07. The molecule has 0 aliphatic carbocycles. The molecule has 7 heteroatoms. The van der Waals surface area contributed by atoms with Gasteiger partial charge in [0.2, 0.25) is 0 Å². The lowest BCUT2D eigenvalue weighted by molar-refractivity contribution is 0.0827. The number of halogens is 1. The van der Waals surface area contributed by atoms with Crippen LogP contribution in [0.25, 0.3) is 0 Å². The van der Waals surface area contributed by atoms with Crippen molar-refractivity contribution in [2.45, 2.75) is 13.5 Å². The molecule has 6 nitrogen and oxygen atoms in total. The Morgan fingerprint density at radius 2 is 1.89 bits per heavy atom. The number of nitrogens with zero attached hydrogens (tertiary/aromatic N) is 2. The summed E-state index contributed by atoms with van der Waals surface area (Å²) < 4.78 is 6.71. The highest BCUT2D eigenvalue weighted by Crippen LogP contribution is 2.17. The lowest BCUT2D eigenvalue weighted by Gasteiger charge is -2.12. The first-order valence-electron chi connectivity index (χ1n) is 9.20. The molecule has 0 radical (unpaired) electrons. The van der Waals surface area contributed by atoms with Gasteiger partial charge >= 0.3 is 0 Å². The van der Waals surface area contributed by atoms with Gasteiger partial charge in [0, 0.05) is 30.7 Å². The SMILES string of the molecule is CCNC(=NCc1ccc(C(=O)N(C)C)cc1)NCCOc1cccc(Br)c1. The molecule has 0 aliphatic rings. The van der Waals surface area contributed by atoms with E-state index in [0.29, 0.717) is 25.3 Å². The van der Waals surface area contributed by atoms with Crippen molar-refractivity contribution in [2.75, 3.05) is 33.8 Å². The van der Waals surface area contributed by atoms with E-state index in [9.17, 15) is 4.79 Å². The standard InChI is InChI=1S/C21H27BrN4O2/c1-4-23-21(24-12-13-28-19-7-5-6-18(22)14-19)25-15-16-8-10-17(11-9-16)20(27)26(2)3/h5-11,14H,4,12-13,15H2,1-3H3,(H2,23,24,25). The molecule has 0 aliphatic heterocycles. The van der Waals surface area contributed by atoms with Crippen molar-refractivity contribution in [3.63, 3.8) is 0 Å². The van der Waals surface area contributed by atoms with Gasteiger partial charge in [-0.05, 0) is 42.8 Å². The number of carbonyl (C=O) groups excluding carboxylic acids is 1. The third-order valence-corrected chi connectivity index (χ3v) is 4.32. The van der Waals surface area contributed by atoms with Crippen LogP contribution in [-0.4, -0.2) is 50.6 Å². The lowest BCUT2D eigenvalue weighted by Crippen LogP contribution is -2.39. The topological polar surface area (TPSA) is 66.0 Å². The van der Waals surface area contributed by atoms with Gasteiger partial charge in [-0.1, -0.05) is 34.1 Å². The van der Waals surface area contributed by atoms with Gasteiger partial charge in [0.05, 0.1) is 13.1 Å². The highest BCUT2D eigenvalue weighted by atomic mass is 79.9. The van der Waals surface area contributed by atoms with Crippen molar-refractivity contribution in [3.05, 3.63) is 64.1 Å². The molecule has 0 saturated heterocycles. The van der Waals surface area contributed by atoms with Gasteiger partial charge in [-0.25, -0.2) is 4.99 Å². The van der Waals surface area contributed by atoms with Crippen molar-refractivity contribution in [1.82, 2.24) is 15.5 Å². The third-order valence-electron chi connectivity index (χ3n) is 3.83. The van der Waals surface area contributed by atoms with E-state index in [1.54, 1.807) is 19.0 Å². The second-order valence-corrected chi connectivity index (χ2v) is 7.24. The van der Waals surface area contributed by atoms with E-state index < -0.39 is 0 Å². The summed E-state index contributed by atoms with van der Waals surface area (Å²) in [4.78, 5) is 18.1. The average molecular weight is 447 g/mol. The molecule has 2 N–H and O–H groups in total. The first-order valence-corrected chi connectivity index (χ1v) is 10.00. The molecule has 2 aromatic carbocycles. The quantitative estimate of drug-likeness (QED) is 0.370. The molecule has 0 unspecified atom stereocenters. The molecular weight excluding hydrogens is 420 g/mol. The highest BCUT2D eigenvalue weighted by molar-refractivity contribution is 9.10. The van der Waals surface area contributed by atoms with Crippen LogP contribution in [0.15, 0.2) is 58.0 Å². The maximum Gasteiger partial charge on any atom is 0.253 e. The molecule has 0 atom stereocenters. The molecule has 0 saturated carbocycles. The molecule has 0 heterocycles. The number of amides is 1. The van der Waals surface area contributed by atoms with Crippen LogP contribution < -0.4 is 15.4 Å². The van der Waals surface area contributed by atoms with Gasteiger partial charge in [0.25, 0.3) is 5.91 Å². The summed E-state index contributed by atoms with van der Waals surface area (Å²) in [5.74, 6) is 1.55. The summed E-state index contributed by atoms with van der Waals surface area (Å²) in [5.41, 5.74) is 1.71. The summed E-state index contributed by atoms with van der Waals surface area (Å²) in [7, 11) is 3.49. The van der Waals surface area contributed by atoms with Crippen molar-refractivity contribution in [1.29, 1.82) is 0 Å². The summed E-state index contributed by atoms with van der Waals surface area (Å²) in [6.07, 6.45) is 0. The van der Waals surface area contributed by atoms with Crippen LogP contribution in [0.4, 0.5) is 0 Å². The summed E-state index contributed by atoms with van der Waals surface area (Å²) >= 11 is 3.43. The molecule has 0 fully saturated rings. The van der Waals surface area contributed by atoms with Crippen LogP contribution in [0.2, 0.25) is 0 Å². The molecule has 28 heavy (non-hydrogen) atoms. The maximum absolute atomic E-state index is 11.9. The zero-order chi connectivity index (χ0) is 20.4. The second kappa shape index (κ2) is 11.3. The molecule has 0 spiro atoms. The Kier molecular flexibility index (Phi) is 8.81. The molecule has 0 aromatic heterocycles. The van der Waals surface area contributed by atoms with Gasteiger partial charge in [-0.3, -0.25) is 4.79 Å². The number of ether oxygens (including phenoxy) is 1. The van der Waals surface area contributed by atoms with E-state index in [1.165, 1.54) is 0 Å². The Balaban J connectivity index is 1.85. The van der Waals surface area contributed by atoms with E-state index in [2.05, 4.69) is 31.6 Å². The van der Waals surface area contributed by atoms with Crippen LogP contribution >= 0.6 is 15.9 Å². The molecule has 1 amide bonds. The summed E-state index contributed by atoms with van der Waals surface area (Å²) in [6.45, 7) is 4.49. The van der Waals surface area contributed by atoms with E-state index in [1.807, 2.05) is 55.5 Å². The number of benzene rings is 2. The van der Waals surface area contributed by atoms with Crippen LogP contribution in [0.1, 0.15) is 22.8 Å². The van der Waals surface area contributed by atoms with Gasteiger partial charge in [0.1, 0.15) is 12.4 Å². The number of hydrogen-bond acceptors (Lipinski definition) is 3. The largest absolute Gasteiger partial charge is 0.492 e. The first-order chi connectivity index (χ1) is 13.5. The number of aliphatic imine (C=N–C) groups is 1. The Hall–Kier alpha value is -2.54. The van der Waals surface area contributed by atoms with Gasteiger partial charge in [0.15, 0.2) is 5.96 Å². The fraction of sp³-hybridized carbons (Fsp3) is 0.333. The minimum atomic E-state index is -0.00416. The molecule has 150 valence electrons. The Morgan fingerprint density at radius 1 is 1.14 bits per heavy atom. The van der Waals surface area contributed by atoms with Crippen molar-refractivity contribution < 1.29 is 9.53 Å². The zero-order valence-electron chi connectivity index (χ0n) is 16.5. The van der Waals surface area contributed by atoms with Crippen molar-refractivity contribution >= 4 is 27.8 Å². The Labute approximate surface area is 175 Å². The smallest absolute Gasteiger partial charge is 0.253 e. The van der Waals surface area contributed by atoms with Crippen LogP contribution in [-0.2, 0) is 6.54 Å². The average Bonchev–Trinajstić information content (AvgIpc) is 2.69. The van der Waals surface area contributed by atoms with Gasteiger partial charge < -0.3 is 20.3 Å². The van der Waals surface area contributed by atoms with Gasteiger partial charge in [-0.2, -0.15) is 0 Å². The van der Waals surface area contributed by atoms with Gasteiger partial charge in [-0.15, -0.1) is 0 Å². The fourth-order valence-corrected chi connectivity index (χ4v) is 2.80. The number of rotatable bonds is 8. The normalized spacial score (nSPS) is 11.1. The molecule has 2 aromatic rings. The number of hydrogen-bond donors (Lipinski definition) is 2. The Morgan fingerprint density at radius 3 is 2.54 bits per heavy atom. The Bertz CT molecular complexity index is 791. The van der Waals surface area contributed by atoms with E-state index in [0.717, 1.165) is 28.3 Å². The molecule has 2 rings (SSSR count). The maximum atomic E-state index is 11.9. The number of guanidine groups is 1. The van der Waals surface area contributed by atoms with Crippen LogP contribution in [0, 0.1) is 0 Å². The van der Waals surface area contributed by atoms with Crippen molar-refractivity contribution in [3.8, 4) is 5.75 Å². The predicted octanol–water partition coefficient (Wildman–Crippen LogP) is 3.29. The van der Waals surface area contributed by atoms with E-state index in [-0.39, 0.29) is 5.91 Å². The summed E-state index contributed by atoms with van der Waals surface area (Å²) in [6, 6.07) is 15.3. The number of carbonyl (C=O) groups is 1. The third kappa shape index (κ3) is 7.23. The minimum absolute atomic E-state index is 0.00416. The molecule has 0 bridgehead atoms. The zero-order valence-corrected chi connectivity index (χ0v) is 18.1. The van der Waals surface area contributed by atoms with Crippen molar-refractivity contribution in [2.24, 2.45) is 4.99 Å². The second-order valence-electron chi connectivity index (χ2n) is 6.32.